The Kier molecular flexibility index (Phi) is 4.78. The second-order valence-electron chi connectivity index (χ2n) is 4.86. The number of thiazole rings is 1. The molecule has 0 atom stereocenters. The van der Waals surface area contributed by atoms with Crippen LogP contribution in [0.1, 0.15) is 25.0 Å². The number of aromatic nitrogens is 1. The van der Waals surface area contributed by atoms with Crippen LogP contribution < -0.4 is 10.2 Å². The van der Waals surface area contributed by atoms with Crippen molar-refractivity contribution >= 4 is 23.3 Å². The molecule has 2 amide bonds. The number of urea groups is 1. The van der Waals surface area contributed by atoms with Crippen molar-refractivity contribution < 1.29 is 14.7 Å². The van der Waals surface area contributed by atoms with Crippen LogP contribution in [-0.4, -0.2) is 40.1 Å². The van der Waals surface area contributed by atoms with Crippen molar-refractivity contribution in [3.8, 4) is 0 Å². The fourth-order valence-corrected chi connectivity index (χ4v) is 2.85. The van der Waals surface area contributed by atoms with Crippen LogP contribution in [0.3, 0.4) is 0 Å². The molecule has 1 aliphatic rings. The van der Waals surface area contributed by atoms with E-state index in [1.165, 1.54) is 0 Å². The van der Waals surface area contributed by atoms with Crippen molar-refractivity contribution in [2.24, 2.45) is 5.92 Å². The highest BCUT2D eigenvalue weighted by molar-refractivity contribution is 7.07. The van der Waals surface area contributed by atoms with E-state index >= 15 is 0 Å². The van der Waals surface area contributed by atoms with Gasteiger partial charge in [-0.15, -0.1) is 0 Å². The lowest BCUT2D eigenvalue weighted by atomic mass is 9.94. The minimum Gasteiger partial charge on any atom is -0.481 e. The number of carboxylic acid groups (broad SMARTS) is 1. The van der Waals surface area contributed by atoms with Crippen molar-refractivity contribution in [2.45, 2.75) is 25.8 Å². The summed E-state index contributed by atoms with van der Waals surface area (Å²) in [6.07, 6.45) is 1.61. The van der Waals surface area contributed by atoms with Gasteiger partial charge in [0, 0.05) is 30.6 Å². The molecule has 0 bridgehead atoms. The third kappa shape index (κ3) is 4.09. The van der Waals surface area contributed by atoms with Crippen LogP contribution in [0.2, 0.25) is 0 Å². The van der Waals surface area contributed by atoms with Gasteiger partial charge in [-0.05, 0) is 18.8 Å². The molecule has 0 unspecified atom stereocenters. The van der Waals surface area contributed by atoms with Crippen molar-refractivity contribution in [3.05, 3.63) is 20.7 Å². The molecule has 2 rings (SSSR count). The van der Waals surface area contributed by atoms with E-state index in [0.717, 1.165) is 24.2 Å². The van der Waals surface area contributed by atoms with Crippen molar-refractivity contribution in [3.63, 3.8) is 0 Å². The quantitative estimate of drug-likeness (QED) is 0.766. The summed E-state index contributed by atoms with van der Waals surface area (Å²) in [5.74, 6) is -0.626. The Morgan fingerprint density at radius 3 is 2.70 bits per heavy atom. The average Bonchev–Trinajstić information content (AvgIpc) is 2.82. The lowest BCUT2D eigenvalue weighted by Gasteiger charge is -2.31. The van der Waals surface area contributed by atoms with Crippen LogP contribution in [0.5, 0.6) is 0 Å². The second kappa shape index (κ2) is 6.56. The van der Waals surface area contributed by atoms with Gasteiger partial charge in [0.1, 0.15) is 0 Å². The van der Waals surface area contributed by atoms with Gasteiger partial charge in [0.15, 0.2) is 0 Å². The van der Waals surface area contributed by atoms with E-state index in [1.54, 1.807) is 10.3 Å². The summed E-state index contributed by atoms with van der Waals surface area (Å²) in [7, 11) is 0. The van der Waals surface area contributed by atoms with Gasteiger partial charge in [-0.2, -0.15) is 0 Å². The summed E-state index contributed by atoms with van der Waals surface area (Å²) in [4.78, 5) is 37.7. The van der Waals surface area contributed by atoms with Crippen LogP contribution in [0, 0.1) is 5.92 Å². The number of nitrogens with one attached hydrogen (secondary N) is 2. The number of piperidine rings is 1. The lowest BCUT2D eigenvalue weighted by molar-refractivity contribution is -0.138. The smallest absolute Gasteiger partial charge is 0.317 e. The zero-order chi connectivity index (χ0) is 14.5. The molecular weight excluding hydrogens is 282 g/mol. The third-order valence-electron chi connectivity index (χ3n) is 3.37. The lowest BCUT2D eigenvalue weighted by Crippen LogP contribution is -2.44. The van der Waals surface area contributed by atoms with E-state index in [0.29, 0.717) is 25.3 Å². The molecule has 1 aliphatic heterocycles. The third-order valence-corrected chi connectivity index (χ3v) is 4.08. The number of aromatic amines is 1. The summed E-state index contributed by atoms with van der Waals surface area (Å²) in [6, 6.07) is -0.175. The molecule has 1 fully saturated rings. The van der Waals surface area contributed by atoms with Crippen molar-refractivity contribution in [1.29, 1.82) is 0 Å². The van der Waals surface area contributed by atoms with Gasteiger partial charge in [0.05, 0.1) is 6.54 Å². The van der Waals surface area contributed by atoms with Crippen LogP contribution >= 0.6 is 11.3 Å². The number of nitrogens with zero attached hydrogens (tertiary/aromatic N) is 1. The first-order valence-corrected chi connectivity index (χ1v) is 7.34. The molecule has 1 aromatic rings. The molecule has 20 heavy (non-hydrogen) atoms. The topological polar surface area (TPSA) is 102 Å². The number of amides is 2. The number of H-pyrrole nitrogens is 1. The first-order valence-electron chi connectivity index (χ1n) is 6.46. The van der Waals surface area contributed by atoms with Crippen LogP contribution in [0.25, 0.3) is 0 Å². The number of likely N-dealkylation sites (tertiary alicyclic amines) is 1. The number of hydrogen-bond acceptors (Lipinski definition) is 4. The van der Waals surface area contributed by atoms with Crippen LogP contribution in [0.15, 0.2) is 10.2 Å². The second-order valence-corrected chi connectivity index (χ2v) is 5.70. The van der Waals surface area contributed by atoms with E-state index in [-0.39, 0.29) is 23.2 Å². The fourth-order valence-electron chi connectivity index (χ4n) is 2.27. The Bertz CT molecular complexity index is 531. The maximum atomic E-state index is 11.9. The first kappa shape index (κ1) is 14.6. The molecule has 7 nitrogen and oxygen atoms in total. The molecular formula is C12H17N3O4S. The minimum absolute atomic E-state index is 0.135. The van der Waals surface area contributed by atoms with E-state index in [4.69, 9.17) is 5.11 Å². The maximum absolute atomic E-state index is 11.9. The van der Waals surface area contributed by atoms with Crippen LogP contribution in [-0.2, 0) is 11.3 Å². The van der Waals surface area contributed by atoms with E-state index in [9.17, 15) is 14.4 Å². The number of carbonyl (C=O) groups excluding carboxylic acids is 1. The summed E-state index contributed by atoms with van der Waals surface area (Å²) in [6.45, 7) is 1.44. The van der Waals surface area contributed by atoms with Crippen molar-refractivity contribution in [2.75, 3.05) is 13.1 Å². The molecule has 3 N–H and O–H groups in total. The summed E-state index contributed by atoms with van der Waals surface area (Å²) >= 11 is 1.07. The monoisotopic (exact) mass is 299 g/mol. The highest BCUT2D eigenvalue weighted by Crippen LogP contribution is 2.20. The molecule has 2 heterocycles. The Hall–Kier alpha value is -1.83. The Morgan fingerprint density at radius 1 is 1.45 bits per heavy atom. The number of hydrogen-bond donors (Lipinski definition) is 3. The predicted molar refractivity (Wildman–Crippen MR) is 73.7 cm³/mol. The van der Waals surface area contributed by atoms with E-state index < -0.39 is 5.97 Å². The number of rotatable bonds is 4. The standard InChI is InChI=1S/C12H17N3O4S/c16-10(17)5-8-1-3-15(4-2-8)11(18)13-6-9-7-20-12(19)14-9/h7-8H,1-6H2,(H,13,18)(H,14,19)(H,16,17). The van der Waals surface area contributed by atoms with Gasteiger partial charge in [-0.3, -0.25) is 9.59 Å². The minimum atomic E-state index is -0.783. The summed E-state index contributed by atoms with van der Waals surface area (Å²) in [5.41, 5.74) is 0.689. The van der Waals surface area contributed by atoms with Gasteiger partial charge in [0.2, 0.25) is 0 Å². The SMILES string of the molecule is O=C(O)CC1CCN(C(=O)NCc2csc(=O)[nH]2)CC1. The van der Waals surface area contributed by atoms with Gasteiger partial charge in [0.25, 0.3) is 0 Å². The largest absolute Gasteiger partial charge is 0.481 e. The number of carbonyl (C=O) groups is 2. The fraction of sp³-hybridized carbons (Fsp3) is 0.583. The number of aliphatic carboxylic acids is 1. The molecule has 0 aliphatic carbocycles. The van der Waals surface area contributed by atoms with Crippen LogP contribution in [0.4, 0.5) is 4.79 Å². The highest BCUT2D eigenvalue weighted by atomic mass is 32.1. The van der Waals surface area contributed by atoms with E-state index in [2.05, 4.69) is 10.3 Å². The summed E-state index contributed by atoms with van der Waals surface area (Å²) in [5, 5.41) is 13.2. The maximum Gasteiger partial charge on any atom is 0.317 e. The normalized spacial score (nSPS) is 16.1. The molecule has 8 heteroatoms. The number of carboxylic acids is 1. The van der Waals surface area contributed by atoms with E-state index in [1.807, 2.05) is 0 Å². The van der Waals surface area contributed by atoms with Gasteiger partial charge in [-0.1, -0.05) is 11.3 Å². The summed E-state index contributed by atoms with van der Waals surface area (Å²) < 4.78 is 0. The molecule has 110 valence electrons. The van der Waals surface area contributed by atoms with Gasteiger partial charge < -0.3 is 20.3 Å². The molecule has 0 aromatic carbocycles. The van der Waals surface area contributed by atoms with Crippen molar-refractivity contribution in [1.82, 2.24) is 15.2 Å². The molecule has 0 radical (unpaired) electrons. The molecule has 1 saturated heterocycles. The zero-order valence-electron chi connectivity index (χ0n) is 10.9. The predicted octanol–water partition coefficient (Wildman–Crippen LogP) is 0.833. The van der Waals surface area contributed by atoms with Gasteiger partial charge >= 0.3 is 16.9 Å². The Balaban J connectivity index is 1.74. The molecule has 1 aromatic heterocycles. The molecule has 0 saturated carbocycles. The Labute approximate surface area is 119 Å². The Morgan fingerprint density at radius 2 is 2.15 bits per heavy atom. The average molecular weight is 299 g/mol. The zero-order valence-corrected chi connectivity index (χ0v) is 11.7. The van der Waals surface area contributed by atoms with Gasteiger partial charge in [-0.25, -0.2) is 4.79 Å². The highest BCUT2D eigenvalue weighted by Gasteiger charge is 2.24. The first-order chi connectivity index (χ1) is 9.54. The molecule has 0 spiro atoms.